The highest BCUT2D eigenvalue weighted by Gasteiger charge is 2.56. The maximum atomic E-state index is 5.97. The molecule has 1 aliphatic carbocycles. The van der Waals surface area contributed by atoms with Crippen LogP contribution in [0.15, 0.2) is 15.2 Å². The first kappa shape index (κ1) is 8.73. The lowest BCUT2D eigenvalue weighted by Crippen LogP contribution is -2.06. The monoisotopic (exact) mass is 245 g/mol. The second-order valence-corrected chi connectivity index (χ2v) is 6.30. The van der Waals surface area contributed by atoms with Crippen molar-refractivity contribution >= 4 is 27.3 Å². The highest BCUT2D eigenvalue weighted by atomic mass is 79.9. The topological polar surface area (TPSA) is 26.0 Å². The molecule has 1 aliphatic rings. The Balaban J connectivity index is 2.24. The van der Waals surface area contributed by atoms with Crippen molar-refractivity contribution in [1.82, 2.24) is 0 Å². The molecule has 0 spiro atoms. The average Bonchev–Trinajstić information content (AvgIpc) is 2.38. The van der Waals surface area contributed by atoms with E-state index in [4.69, 9.17) is 5.73 Å². The number of thiophene rings is 1. The van der Waals surface area contributed by atoms with Gasteiger partial charge in [-0.15, -0.1) is 11.3 Å². The Morgan fingerprint density at radius 3 is 2.50 bits per heavy atom. The number of halogens is 1. The first-order valence-corrected chi connectivity index (χ1v) is 5.70. The lowest BCUT2D eigenvalue weighted by atomic mass is 10.1. The van der Waals surface area contributed by atoms with Crippen molar-refractivity contribution < 1.29 is 0 Å². The molecule has 0 radical (unpaired) electrons. The second-order valence-electron chi connectivity index (χ2n) is 4.01. The molecular formula is C9H12BrNS. The molecule has 2 N–H and O–H groups in total. The van der Waals surface area contributed by atoms with Crippen molar-refractivity contribution in [3.05, 3.63) is 20.8 Å². The highest BCUT2D eigenvalue weighted by molar-refractivity contribution is 9.11. The average molecular weight is 246 g/mol. The summed E-state index contributed by atoms with van der Waals surface area (Å²) in [5.41, 5.74) is 7.67. The molecule has 1 aromatic rings. The first-order chi connectivity index (χ1) is 5.53. The molecule has 1 aromatic heterocycles. The molecule has 3 heteroatoms. The number of nitrogens with two attached hydrogens (primary N) is 1. The van der Waals surface area contributed by atoms with E-state index in [0.29, 0.717) is 17.4 Å². The summed E-state index contributed by atoms with van der Waals surface area (Å²) in [7, 11) is 0. The van der Waals surface area contributed by atoms with Crippen molar-refractivity contribution in [3.63, 3.8) is 0 Å². The molecule has 1 heterocycles. The molecule has 2 unspecified atom stereocenters. The summed E-state index contributed by atoms with van der Waals surface area (Å²) in [5, 5.41) is 2.20. The Morgan fingerprint density at radius 1 is 1.58 bits per heavy atom. The Hall–Kier alpha value is 0.140. The molecule has 0 bridgehead atoms. The summed E-state index contributed by atoms with van der Waals surface area (Å²) in [5.74, 6) is 0.569. The smallest absolute Gasteiger partial charge is 0.0701 e. The van der Waals surface area contributed by atoms with Crippen LogP contribution in [0, 0.1) is 5.41 Å². The molecule has 2 rings (SSSR count). The summed E-state index contributed by atoms with van der Waals surface area (Å²) in [6, 6.07) is 2.53. The molecule has 0 aromatic carbocycles. The minimum Gasteiger partial charge on any atom is -0.327 e. The fourth-order valence-corrected chi connectivity index (χ4v) is 3.01. The minimum atomic E-state index is 0.306. The third-order valence-corrected chi connectivity index (χ3v) is 4.38. The van der Waals surface area contributed by atoms with Crippen LogP contribution in [-0.4, -0.2) is 6.04 Å². The molecule has 0 saturated heterocycles. The van der Waals surface area contributed by atoms with E-state index in [1.54, 1.807) is 11.3 Å². The van der Waals surface area contributed by atoms with E-state index in [1.165, 1.54) is 9.35 Å². The van der Waals surface area contributed by atoms with Crippen LogP contribution in [0.3, 0.4) is 0 Å². The Bertz CT molecular complexity index is 305. The van der Waals surface area contributed by atoms with Gasteiger partial charge in [-0.05, 0) is 38.4 Å². The van der Waals surface area contributed by atoms with Crippen LogP contribution in [0.1, 0.15) is 25.3 Å². The highest BCUT2D eigenvalue weighted by Crippen LogP contribution is 2.58. The number of hydrogen-bond donors (Lipinski definition) is 1. The van der Waals surface area contributed by atoms with Crippen molar-refractivity contribution in [1.29, 1.82) is 0 Å². The first-order valence-electron chi connectivity index (χ1n) is 4.03. The van der Waals surface area contributed by atoms with Gasteiger partial charge in [-0.3, -0.25) is 0 Å². The van der Waals surface area contributed by atoms with E-state index in [2.05, 4.69) is 41.2 Å². The molecule has 1 nitrogen and oxygen atoms in total. The van der Waals surface area contributed by atoms with E-state index >= 15 is 0 Å². The lowest BCUT2D eigenvalue weighted by Gasteiger charge is -1.97. The SMILES string of the molecule is CC1(C)C(N)C1c1csc(Br)c1. The maximum Gasteiger partial charge on any atom is 0.0701 e. The van der Waals surface area contributed by atoms with Crippen molar-refractivity contribution in [3.8, 4) is 0 Å². The Kier molecular flexibility index (Phi) is 1.86. The quantitative estimate of drug-likeness (QED) is 0.810. The third kappa shape index (κ3) is 1.15. The van der Waals surface area contributed by atoms with E-state index in [0.717, 1.165) is 0 Å². The van der Waals surface area contributed by atoms with Crippen molar-refractivity contribution in [2.24, 2.45) is 11.1 Å². The predicted octanol–water partition coefficient (Wildman–Crippen LogP) is 2.96. The van der Waals surface area contributed by atoms with Crippen LogP contribution in [0.5, 0.6) is 0 Å². The summed E-state index contributed by atoms with van der Waals surface area (Å²) in [6.45, 7) is 4.46. The van der Waals surface area contributed by atoms with Crippen LogP contribution in [0.4, 0.5) is 0 Å². The zero-order chi connectivity index (χ0) is 8.93. The summed E-state index contributed by atoms with van der Waals surface area (Å²) in [4.78, 5) is 0. The predicted molar refractivity (Wildman–Crippen MR) is 56.5 cm³/mol. The third-order valence-electron chi connectivity index (χ3n) is 2.86. The summed E-state index contributed by atoms with van der Waals surface area (Å²) >= 11 is 5.20. The van der Waals surface area contributed by atoms with Gasteiger partial charge in [0.05, 0.1) is 3.79 Å². The minimum absolute atomic E-state index is 0.306. The van der Waals surface area contributed by atoms with Crippen LogP contribution < -0.4 is 5.73 Å². The fourth-order valence-electron chi connectivity index (χ4n) is 1.80. The van der Waals surface area contributed by atoms with Crippen molar-refractivity contribution in [2.45, 2.75) is 25.8 Å². The van der Waals surface area contributed by atoms with Crippen molar-refractivity contribution in [2.75, 3.05) is 0 Å². The molecule has 2 atom stereocenters. The molecule has 1 saturated carbocycles. The lowest BCUT2D eigenvalue weighted by molar-refractivity contribution is 0.599. The van der Waals surface area contributed by atoms with Gasteiger partial charge in [0.25, 0.3) is 0 Å². The van der Waals surface area contributed by atoms with Gasteiger partial charge in [0.2, 0.25) is 0 Å². The standard InChI is InChI=1S/C9H12BrNS/c1-9(2)7(8(9)11)5-3-6(10)12-4-5/h3-4,7-8H,11H2,1-2H3. The normalized spacial score (nSPS) is 32.0. The van der Waals surface area contributed by atoms with Gasteiger partial charge in [-0.25, -0.2) is 0 Å². The van der Waals surface area contributed by atoms with E-state index in [1.807, 2.05) is 0 Å². The van der Waals surface area contributed by atoms with Crippen LogP contribution in [0.2, 0.25) is 0 Å². The molecule has 0 amide bonds. The second kappa shape index (κ2) is 2.56. The summed E-state index contributed by atoms with van der Waals surface area (Å²) < 4.78 is 1.20. The summed E-state index contributed by atoms with van der Waals surface area (Å²) in [6.07, 6.45) is 0. The van der Waals surface area contributed by atoms with Gasteiger partial charge < -0.3 is 5.73 Å². The molecular weight excluding hydrogens is 234 g/mol. The maximum absolute atomic E-state index is 5.97. The zero-order valence-corrected chi connectivity index (χ0v) is 9.58. The Labute approximate surface area is 85.1 Å². The van der Waals surface area contributed by atoms with Crippen LogP contribution in [0.25, 0.3) is 0 Å². The van der Waals surface area contributed by atoms with E-state index < -0.39 is 0 Å². The van der Waals surface area contributed by atoms with Gasteiger partial charge in [0, 0.05) is 12.0 Å². The van der Waals surface area contributed by atoms with Gasteiger partial charge in [-0.1, -0.05) is 13.8 Å². The van der Waals surface area contributed by atoms with Crippen LogP contribution in [-0.2, 0) is 0 Å². The van der Waals surface area contributed by atoms with Gasteiger partial charge >= 0.3 is 0 Å². The van der Waals surface area contributed by atoms with E-state index in [-0.39, 0.29) is 0 Å². The largest absolute Gasteiger partial charge is 0.327 e. The molecule has 0 aliphatic heterocycles. The van der Waals surface area contributed by atoms with E-state index in [9.17, 15) is 0 Å². The van der Waals surface area contributed by atoms with Gasteiger partial charge in [-0.2, -0.15) is 0 Å². The van der Waals surface area contributed by atoms with Crippen LogP contribution >= 0.6 is 27.3 Å². The van der Waals surface area contributed by atoms with Gasteiger partial charge in [0.1, 0.15) is 0 Å². The van der Waals surface area contributed by atoms with Gasteiger partial charge in [0.15, 0.2) is 0 Å². The zero-order valence-electron chi connectivity index (χ0n) is 7.17. The molecule has 12 heavy (non-hydrogen) atoms. The fraction of sp³-hybridized carbons (Fsp3) is 0.556. The molecule has 66 valence electrons. The number of rotatable bonds is 1. The Morgan fingerprint density at radius 2 is 2.17 bits per heavy atom. The molecule has 1 fully saturated rings. The number of hydrogen-bond acceptors (Lipinski definition) is 2.